The van der Waals surface area contributed by atoms with Crippen LogP contribution in [-0.2, 0) is 11.3 Å². The van der Waals surface area contributed by atoms with Crippen molar-refractivity contribution in [1.82, 2.24) is 30.8 Å². The van der Waals surface area contributed by atoms with E-state index in [9.17, 15) is 9.59 Å². The number of hydrogen-bond donors (Lipinski definition) is 3. The molecule has 0 aliphatic carbocycles. The number of aliphatic carboxylic acids is 1. The summed E-state index contributed by atoms with van der Waals surface area (Å²) in [5.74, 6) is -0.943. The van der Waals surface area contributed by atoms with Gasteiger partial charge in [-0.15, -0.1) is 10.2 Å². The van der Waals surface area contributed by atoms with Gasteiger partial charge >= 0.3 is 12.0 Å². The Morgan fingerprint density at radius 2 is 2.31 bits per heavy atom. The second-order valence-electron chi connectivity index (χ2n) is 3.43. The van der Waals surface area contributed by atoms with E-state index >= 15 is 0 Å². The highest BCUT2D eigenvalue weighted by Gasteiger charge is 2.35. The molecule has 9 heteroatoms. The molecule has 0 bridgehead atoms. The van der Waals surface area contributed by atoms with Crippen molar-refractivity contribution in [3.63, 3.8) is 0 Å². The van der Waals surface area contributed by atoms with Gasteiger partial charge in [0.2, 0.25) is 0 Å². The zero-order valence-electron chi connectivity index (χ0n) is 8.25. The van der Waals surface area contributed by atoms with Gasteiger partial charge in [0.15, 0.2) is 5.82 Å². The maximum atomic E-state index is 11.4. The first-order chi connectivity index (χ1) is 7.66. The Morgan fingerprint density at radius 1 is 1.56 bits per heavy atom. The Balaban J connectivity index is 1.72. The first-order valence-electron chi connectivity index (χ1n) is 4.64. The summed E-state index contributed by atoms with van der Waals surface area (Å²) in [6.07, 6.45) is 0. The number of aromatic amines is 1. The standard InChI is InChI=1S/C7H10N6O3/c14-6(15)4-2-13(3-4)7(16)8-1-5-9-11-12-10-5/h4H,1-3H2,(H,8,16)(H,14,15)(H,9,10,11,12). The molecule has 2 rings (SSSR count). The van der Waals surface area contributed by atoms with Gasteiger partial charge in [-0.2, -0.15) is 5.21 Å². The lowest BCUT2D eigenvalue weighted by molar-refractivity contribution is -0.146. The van der Waals surface area contributed by atoms with Crippen LogP contribution in [0.4, 0.5) is 4.79 Å². The largest absolute Gasteiger partial charge is 0.481 e. The molecule has 9 nitrogen and oxygen atoms in total. The number of rotatable bonds is 3. The smallest absolute Gasteiger partial charge is 0.317 e. The topological polar surface area (TPSA) is 124 Å². The molecule has 86 valence electrons. The highest BCUT2D eigenvalue weighted by atomic mass is 16.4. The molecule has 16 heavy (non-hydrogen) atoms. The highest BCUT2D eigenvalue weighted by molar-refractivity contribution is 5.79. The van der Waals surface area contributed by atoms with Crippen molar-refractivity contribution >= 4 is 12.0 Å². The van der Waals surface area contributed by atoms with Gasteiger partial charge in [0.1, 0.15) is 0 Å². The van der Waals surface area contributed by atoms with Gasteiger partial charge in [0, 0.05) is 13.1 Å². The number of urea groups is 1. The summed E-state index contributed by atoms with van der Waals surface area (Å²) in [7, 11) is 0. The van der Waals surface area contributed by atoms with Crippen LogP contribution < -0.4 is 5.32 Å². The molecule has 0 radical (unpaired) electrons. The van der Waals surface area contributed by atoms with Gasteiger partial charge in [-0.3, -0.25) is 4.79 Å². The van der Waals surface area contributed by atoms with E-state index in [1.165, 1.54) is 4.90 Å². The van der Waals surface area contributed by atoms with Crippen molar-refractivity contribution in [3.05, 3.63) is 5.82 Å². The third-order valence-electron chi connectivity index (χ3n) is 2.30. The summed E-state index contributed by atoms with van der Waals surface area (Å²) < 4.78 is 0. The summed E-state index contributed by atoms with van der Waals surface area (Å²) in [5, 5.41) is 24.1. The molecular formula is C7H10N6O3. The quantitative estimate of drug-likeness (QED) is 0.571. The van der Waals surface area contributed by atoms with E-state index in [-0.39, 0.29) is 25.7 Å². The first kappa shape index (κ1) is 10.3. The van der Waals surface area contributed by atoms with Crippen LogP contribution in [-0.4, -0.2) is 55.7 Å². The predicted octanol–water partition coefficient (Wildman–Crippen LogP) is -1.57. The molecule has 0 aromatic carbocycles. The lowest BCUT2D eigenvalue weighted by atomic mass is 10.0. The first-order valence-corrected chi connectivity index (χ1v) is 4.64. The van der Waals surface area contributed by atoms with E-state index in [2.05, 4.69) is 25.9 Å². The molecular weight excluding hydrogens is 216 g/mol. The van der Waals surface area contributed by atoms with Gasteiger partial charge in [0.25, 0.3) is 0 Å². The van der Waals surface area contributed by atoms with E-state index in [4.69, 9.17) is 5.11 Å². The molecule has 0 saturated carbocycles. The number of nitrogens with zero attached hydrogens (tertiary/aromatic N) is 4. The number of nitrogens with one attached hydrogen (secondary N) is 2. The van der Waals surface area contributed by atoms with Crippen LogP contribution in [0.5, 0.6) is 0 Å². The van der Waals surface area contributed by atoms with Crippen molar-refractivity contribution in [3.8, 4) is 0 Å². The van der Waals surface area contributed by atoms with Crippen LogP contribution in [0.25, 0.3) is 0 Å². The van der Waals surface area contributed by atoms with E-state index in [0.717, 1.165) is 0 Å². The van der Waals surface area contributed by atoms with Crippen molar-refractivity contribution in [2.75, 3.05) is 13.1 Å². The second-order valence-corrected chi connectivity index (χ2v) is 3.43. The number of aromatic nitrogens is 4. The lowest BCUT2D eigenvalue weighted by Crippen LogP contribution is -2.56. The second kappa shape index (κ2) is 4.13. The zero-order chi connectivity index (χ0) is 11.5. The van der Waals surface area contributed by atoms with Gasteiger partial charge < -0.3 is 15.3 Å². The fourth-order valence-electron chi connectivity index (χ4n) is 1.32. The molecule has 1 saturated heterocycles. The van der Waals surface area contributed by atoms with Crippen LogP contribution in [0.1, 0.15) is 5.82 Å². The van der Waals surface area contributed by atoms with Crippen LogP contribution in [0.15, 0.2) is 0 Å². The zero-order valence-corrected chi connectivity index (χ0v) is 8.25. The Kier molecular flexibility index (Phi) is 2.66. The maximum Gasteiger partial charge on any atom is 0.317 e. The molecule has 0 spiro atoms. The minimum Gasteiger partial charge on any atom is -0.481 e. The fourth-order valence-corrected chi connectivity index (χ4v) is 1.32. The molecule has 0 unspecified atom stereocenters. The number of carbonyl (C=O) groups excluding carboxylic acids is 1. The minimum absolute atomic E-state index is 0.170. The third-order valence-corrected chi connectivity index (χ3v) is 2.30. The molecule has 1 aromatic rings. The van der Waals surface area contributed by atoms with Crippen LogP contribution in [0, 0.1) is 5.92 Å². The molecule has 1 aromatic heterocycles. The number of hydrogen-bond acceptors (Lipinski definition) is 5. The van der Waals surface area contributed by atoms with Crippen molar-refractivity contribution < 1.29 is 14.7 Å². The third kappa shape index (κ3) is 2.07. The molecule has 2 heterocycles. The fraction of sp³-hybridized carbons (Fsp3) is 0.571. The van der Waals surface area contributed by atoms with Crippen molar-refractivity contribution in [2.24, 2.45) is 5.92 Å². The predicted molar refractivity (Wildman–Crippen MR) is 49.1 cm³/mol. The van der Waals surface area contributed by atoms with Crippen molar-refractivity contribution in [2.45, 2.75) is 6.54 Å². The van der Waals surface area contributed by atoms with E-state index in [1.807, 2.05) is 0 Å². The summed E-state index contributed by atoms with van der Waals surface area (Å²) in [4.78, 5) is 23.3. The highest BCUT2D eigenvalue weighted by Crippen LogP contribution is 2.15. The monoisotopic (exact) mass is 226 g/mol. The van der Waals surface area contributed by atoms with Gasteiger partial charge in [-0.1, -0.05) is 5.21 Å². The number of likely N-dealkylation sites (tertiary alicyclic amines) is 1. The average Bonchev–Trinajstić information content (AvgIpc) is 2.63. The van der Waals surface area contributed by atoms with Crippen LogP contribution in [0.2, 0.25) is 0 Å². The normalized spacial score (nSPS) is 15.6. The number of tetrazole rings is 1. The summed E-state index contributed by atoms with van der Waals surface area (Å²) >= 11 is 0. The molecule has 1 aliphatic rings. The summed E-state index contributed by atoms with van der Waals surface area (Å²) in [6, 6.07) is -0.317. The Labute approximate surface area is 89.8 Å². The van der Waals surface area contributed by atoms with E-state index in [1.54, 1.807) is 0 Å². The molecule has 3 N–H and O–H groups in total. The molecule has 0 atom stereocenters. The van der Waals surface area contributed by atoms with Gasteiger partial charge in [-0.25, -0.2) is 4.79 Å². The number of carboxylic acids is 1. The average molecular weight is 226 g/mol. The number of amides is 2. The molecule has 2 amide bonds. The van der Waals surface area contributed by atoms with Crippen LogP contribution >= 0.6 is 0 Å². The van der Waals surface area contributed by atoms with Crippen molar-refractivity contribution in [1.29, 1.82) is 0 Å². The molecule has 1 aliphatic heterocycles. The van der Waals surface area contributed by atoms with Crippen LogP contribution in [0.3, 0.4) is 0 Å². The summed E-state index contributed by atoms with van der Waals surface area (Å²) in [5.41, 5.74) is 0. The lowest BCUT2D eigenvalue weighted by Gasteiger charge is -2.36. The van der Waals surface area contributed by atoms with E-state index < -0.39 is 11.9 Å². The van der Waals surface area contributed by atoms with Gasteiger partial charge in [-0.05, 0) is 0 Å². The van der Waals surface area contributed by atoms with Gasteiger partial charge in [0.05, 0.1) is 12.5 Å². The number of carbonyl (C=O) groups is 2. The minimum atomic E-state index is -0.873. The Hall–Kier alpha value is -2.19. The van der Waals surface area contributed by atoms with E-state index in [0.29, 0.717) is 5.82 Å². The Morgan fingerprint density at radius 3 is 2.88 bits per heavy atom. The number of H-pyrrole nitrogens is 1. The SMILES string of the molecule is O=C(O)C1CN(C(=O)NCc2nn[nH]n2)C1. The Bertz CT molecular complexity index is 385. The number of carboxylic acid groups (broad SMARTS) is 1. The molecule has 1 fully saturated rings. The summed E-state index contributed by atoms with van der Waals surface area (Å²) in [6.45, 7) is 0.657. The maximum absolute atomic E-state index is 11.4.